The zero-order valence-corrected chi connectivity index (χ0v) is 14.8. The van der Waals surface area contributed by atoms with Gasteiger partial charge in [0, 0.05) is 17.3 Å². The summed E-state index contributed by atoms with van der Waals surface area (Å²) in [7, 11) is 0. The standard InChI is InChI=1S/C18H16F3N3O4/c1-10(17(26)23-14-6-3-12(4-7-14)11(2)25)22-15-8-5-13(18(19,20)21)9-16(15)24(27)28/h3-10,22H,1-2H3,(H,23,26)/t10-/m0/s1. The molecular weight excluding hydrogens is 379 g/mol. The maximum atomic E-state index is 12.7. The van der Waals surface area contributed by atoms with Gasteiger partial charge in [-0.1, -0.05) is 0 Å². The first kappa shape index (κ1) is 20.9. The average molecular weight is 395 g/mol. The van der Waals surface area contributed by atoms with E-state index >= 15 is 0 Å². The predicted molar refractivity (Wildman–Crippen MR) is 96.3 cm³/mol. The molecule has 0 aliphatic heterocycles. The molecule has 1 amide bonds. The third-order valence-electron chi connectivity index (χ3n) is 3.85. The number of rotatable bonds is 6. The van der Waals surface area contributed by atoms with E-state index in [2.05, 4.69) is 10.6 Å². The lowest BCUT2D eigenvalue weighted by Gasteiger charge is -2.16. The number of halogens is 3. The number of nitrogens with one attached hydrogen (secondary N) is 2. The van der Waals surface area contributed by atoms with Crippen LogP contribution in [0.4, 0.5) is 30.2 Å². The smallest absolute Gasteiger partial charge is 0.368 e. The van der Waals surface area contributed by atoms with Crippen LogP contribution in [-0.2, 0) is 11.0 Å². The summed E-state index contributed by atoms with van der Waals surface area (Å²) in [5.74, 6) is -0.702. The minimum absolute atomic E-state index is 0.137. The number of nitro groups is 1. The molecule has 10 heteroatoms. The summed E-state index contributed by atoms with van der Waals surface area (Å²) in [4.78, 5) is 33.6. The van der Waals surface area contributed by atoms with Crippen molar-refractivity contribution in [3.05, 3.63) is 63.7 Å². The van der Waals surface area contributed by atoms with Gasteiger partial charge in [-0.2, -0.15) is 13.2 Å². The normalized spacial score (nSPS) is 12.2. The first-order chi connectivity index (χ1) is 13.0. The quantitative estimate of drug-likeness (QED) is 0.432. The van der Waals surface area contributed by atoms with Crippen LogP contribution < -0.4 is 10.6 Å². The van der Waals surface area contributed by atoms with Gasteiger partial charge in [-0.3, -0.25) is 19.7 Å². The SMILES string of the molecule is CC(=O)c1ccc(NC(=O)[C@H](C)Nc2ccc(C(F)(F)F)cc2[N+](=O)[O-])cc1. The Kier molecular flexibility index (Phi) is 6.02. The number of ketones is 1. The van der Waals surface area contributed by atoms with Crippen LogP contribution in [0.3, 0.4) is 0 Å². The monoisotopic (exact) mass is 395 g/mol. The van der Waals surface area contributed by atoms with Crippen LogP contribution >= 0.6 is 0 Å². The molecule has 0 aromatic heterocycles. The number of carbonyl (C=O) groups excluding carboxylic acids is 2. The minimum atomic E-state index is -4.72. The van der Waals surface area contributed by atoms with Crippen molar-refractivity contribution in [3.63, 3.8) is 0 Å². The van der Waals surface area contributed by atoms with E-state index in [-0.39, 0.29) is 11.5 Å². The van der Waals surface area contributed by atoms with Crippen LogP contribution in [0.5, 0.6) is 0 Å². The van der Waals surface area contributed by atoms with Gasteiger partial charge in [0.15, 0.2) is 5.78 Å². The summed E-state index contributed by atoms with van der Waals surface area (Å²) in [6.07, 6.45) is -4.72. The molecule has 0 spiro atoms. The Morgan fingerprint density at radius 3 is 2.21 bits per heavy atom. The fourth-order valence-corrected chi connectivity index (χ4v) is 2.32. The van der Waals surface area contributed by atoms with E-state index < -0.39 is 34.3 Å². The summed E-state index contributed by atoms with van der Waals surface area (Å²) in [5, 5.41) is 16.2. The zero-order valence-electron chi connectivity index (χ0n) is 14.8. The lowest BCUT2D eigenvalue weighted by molar-refractivity contribution is -0.384. The van der Waals surface area contributed by atoms with Crippen molar-refractivity contribution in [3.8, 4) is 0 Å². The number of hydrogen-bond donors (Lipinski definition) is 2. The summed E-state index contributed by atoms with van der Waals surface area (Å²) in [5.41, 5.74) is -1.31. The molecule has 0 aliphatic carbocycles. The molecule has 148 valence electrons. The van der Waals surface area contributed by atoms with Crippen molar-refractivity contribution in [2.24, 2.45) is 0 Å². The topological polar surface area (TPSA) is 101 Å². The van der Waals surface area contributed by atoms with E-state index in [4.69, 9.17) is 0 Å². The van der Waals surface area contributed by atoms with Crippen molar-refractivity contribution < 1.29 is 27.7 Å². The maximum Gasteiger partial charge on any atom is 0.416 e. The Morgan fingerprint density at radius 1 is 1.11 bits per heavy atom. The summed E-state index contributed by atoms with van der Waals surface area (Å²) >= 11 is 0. The third kappa shape index (κ3) is 5.06. The summed E-state index contributed by atoms with van der Waals surface area (Å²) < 4.78 is 38.2. The molecule has 0 bridgehead atoms. The van der Waals surface area contributed by atoms with Crippen LogP contribution in [0.2, 0.25) is 0 Å². The van der Waals surface area contributed by atoms with Gasteiger partial charge < -0.3 is 10.6 Å². The number of nitro benzene ring substituents is 1. The second-order valence-corrected chi connectivity index (χ2v) is 5.98. The molecule has 2 rings (SSSR count). The fourth-order valence-electron chi connectivity index (χ4n) is 2.32. The van der Waals surface area contributed by atoms with Crippen molar-refractivity contribution >= 4 is 28.8 Å². The number of hydrogen-bond acceptors (Lipinski definition) is 5. The second kappa shape index (κ2) is 8.07. The molecule has 1 atom stereocenters. The number of amides is 1. The fraction of sp³-hybridized carbons (Fsp3) is 0.222. The number of alkyl halides is 3. The highest BCUT2D eigenvalue weighted by Gasteiger charge is 2.33. The second-order valence-electron chi connectivity index (χ2n) is 5.98. The first-order valence-corrected chi connectivity index (χ1v) is 8.03. The first-order valence-electron chi connectivity index (χ1n) is 8.03. The number of carbonyl (C=O) groups is 2. The van der Waals surface area contributed by atoms with Gasteiger partial charge in [-0.05, 0) is 50.2 Å². The molecule has 0 radical (unpaired) electrons. The molecule has 0 heterocycles. The van der Waals surface area contributed by atoms with Crippen molar-refractivity contribution in [1.82, 2.24) is 0 Å². The van der Waals surface area contributed by atoms with E-state index in [0.29, 0.717) is 23.4 Å². The van der Waals surface area contributed by atoms with Crippen LogP contribution in [0.1, 0.15) is 29.8 Å². The Balaban J connectivity index is 2.14. The molecule has 0 aliphatic rings. The van der Waals surface area contributed by atoms with E-state index in [1.165, 1.54) is 38.1 Å². The van der Waals surface area contributed by atoms with Crippen LogP contribution in [0.15, 0.2) is 42.5 Å². The molecule has 2 N–H and O–H groups in total. The van der Waals surface area contributed by atoms with Gasteiger partial charge >= 0.3 is 6.18 Å². The van der Waals surface area contributed by atoms with Gasteiger partial charge in [0.1, 0.15) is 11.7 Å². The molecule has 0 saturated carbocycles. The van der Waals surface area contributed by atoms with Crippen molar-refractivity contribution in [2.75, 3.05) is 10.6 Å². The van der Waals surface area contributed by atoms with Crippen LogP contribution in [0.25, 0.3) is 0 Å². The molecule has 2 aromatic carbocycles. The minimum Gasteiger partial charge on any atom is -0.368 e. The van der Waals surface area contributed by atoms with Crippen molar-refractivity contribution in [1.29, 1.82) is 0 Å². The molecule has 0 unspecified atom stereocenters. The Bertz CT molecular complexity index is 911. The Morgan fingerprint density at radius 2 is 1.71 bits per heavy atom. The highest BCUT2D eigenvalue weighted by atomic mass is 19.4. The van der Waals surface area contributed by atoms with E-state index in [1.54, 1.807) is 0 Å². The van der Waals surface area contributed by atoms with Crippen LogP contribution in [-0.4, -0.2) is 22.7 Å². The van der Waals surface area contributed by atoms with E-state index in [0.717, 1.165) is 6.07 Å². The van der Waals surface area contributed by atoms with Gasteiger partial charge in [-0.25, -0.2) is 0 Å². The Hall–Kier alpha value is -3.43. The molecule has 7 nitrogen and oxygen atoms in total. The zero-order chi connectivity index (χ0) is 21.1. The van der Waals surface area contributed by atoms with Gasteiger partial charge in [0.2, 0.25) is 5.91 Å². The predicted octanol–water partition coefficient (Wildman–Crippen LogP) is 4.26. The number of nitrogens with zero attached hydrogens (tertiary/aromatic N) is 1. The van der Waals surface area contributed by atoms with E-state index in [1.807, 2.05) is 0 Å². The largest absolute Gasteiger partial charge is 0.416 e. The van der Waals surface area contributed by atoms with Gasteiger partial charge in [0.05, 0.1) is 10.5 Å². The number of anilines is 2. The maximum absolute atomic E-state index is 12.7. The lowest BCUT2D eigenvalue weighted by atomic mass is 10.1. The molecule has 2 aromatic rings. The number of benzene rings is 2. The van der Waals surface area contributed by atoms with Crippen LogP contribution in [0, 0.1) is 10.1 Å². The summed E-state index contributed by atoms with van der Waals surface area (Å²) in [6, 6.07) is 7.11. The molecule has 0 fully saturated rings. The summed E-state index contributed by atoms with van der Waals surface area (Å²) in [6.45, 7) is 2.80. The van der Waals surface area contributed by atoms with E-state index in [9.17, 15) is 32.9 Å². The highest BCUT2D eigenvalue weighted by Crippen LogP contribution is 2.35. The molecule has 0 saturated heterocycles. The molecular formula is C18H16F3N3O4. The van der Waals surface area contributed by atoms with Gasteiger partial charge in [-0.15, -0.1) is 0 Å². The van der Waals surface area contributed by atoms with Crippen molar-refractivity contribution in [2.45, 2.75) is 26.1 Å². The Labute approximate surface area is 157 Å². The van der Waals surface area contributed by atoms with Gasteiger partial charge in [0.25, 0.3) is 5.69 Å². The third-order valence-corrected chi connectivity index (χ3v) is 3.85. The average Bonchev–Trinajstić information content (AvgIpc) is 2.61. The molecule has 28 heavy (non-hydrogen) atoms. The highest BCUT2D eigenvalue weighted by molar-refractivity contribution is 5.98. The number of Topliss-reactive ketones (excluding diaryl/α,β-unsaturated/α-hetero) is 1. The lowest BCUT2D eigenvalue weighted by Crippen LogP contribution is -2.32.